The van der Waals surface area contributed by atoms with Gasteiger partial charge in [0, 0.05) is 38.7 Å². The van der Waals surface area contributed by atoms with Gasteiger partial charge in [-0.25, -0.2) is 0 Å². The number of epoxide rings is 1. The zero-order valence-electron chi connectivity index (χ0n) is 24.5. The Morgan fingerprint density at radius 2 is 1.69 bits per heavy atom. The Morgan fingerprint density at radius 1 is 1.02 bits per heavy atom. The van der Waals surface area contributed by atoms with Gasteiger partial charge in [-0.2, -0.15) is 0 Å². The number of morpholine rings is 1. The molecule has 1 aliphatic carbocycles. The summed E-state index contributed by atoms with van der Waals surface area (Å²) in [6.07, 6.45) is -1.37. The molecule has 0 aromatic heterocycles. The number of nitro benzene ring substituents is 1. The number of phenolic OH excluding ortho intramolecular Hbond substituents is 1. The molecule has 2 aromatic rings. The number of hydrogen-bond donors (Lipinski definition) is 5. The van der Waals surface area contributed by atoms with E-state index in [0.29, 0.717) is 39.1 Å². The van der Waals surface area contributed by atoms with Crippen LogP contribution in [0.4, 0.5) is 5.69 Å². The zero-order valence-corrected chi connectivity index (χ0v) is 24.5. The highest BCUT2D eigenvalue weighted by atomic mass is 16.6. The number of aromatic hydroxyl groups is 1. The minimum atomic E-state index is -1.32. The molecule has 4 amide bonds. The number of ether oxygens (including phenoxy) is 2. The average Bonchev–Trinajstić information content (AvgIpc) is 3.72. The highest BCUT2D eigenvalue weighted by Gasteiger charge is 2.51. The molecule has 1 unspecified atom stereocenters. The third-order valence-corrected chi connectivity index (χ3v) is 8.31. The van der Waals surface area contributed by atoms with Gasteiger partial charge in [0.2, 0.25) is 11.8 Å². The van der Waals surface area contributed by atoms with Crippen molar-refractivity contribution >= 4 is 29.3 Å². The first-order valence-corrected chi connectivity index (χ1v) is 14.8. The van der Waals surface area contributed by atoms with Crippen molar-refractivity contribution in [1.29, 1.82) is 0 Å². The van der Waals surface area contributed by atoms with E-state index in [1.54, 1.807) is 0 Å². The summed E-state index contributed by atoms with van der Waals surface area (Å²) in [5, 5.41) is 29.2. The van der Waals surface area contributed by atoms with Gasteiger partial charge in [0.25, 0.3) is 11.8 Å². The van der Waals surface area contributed by atoms with Gasteiger partial charge in [-0.05, 0) is 41.5 Å². The van der Waals surface area contributed by atoms with Crippen molar-refractivity contribution in [3.63, 3.8) is 0 Å². The molecule has 0 bridgehead atoms. The topological polar surface area (TPSA) is 219 Å². The van der Waals surface area contributed by atoms with Gasteiger partial charge in [0.1, 0.15) is 12.1 Å². The van der Waals surface area contributed by atoms with Crippen LogP contribution in [-0.4, -0.2) is 102 Å². The summed E-state index contributed by atoms with van der Waals surface area (Å²) in [4.78, 5) is 64.6. The Kier molecular flexibility index (Phi) is 9.90. The third kappa shape index (κ3) is 7.92. The molecule has 4 atom stereocenters. The summed E-state index contributed by atoms with van der Waals surface area (Å²) in [7, 11) is 0. The average molecular weight is 625 g/mol. The maximum Gasteiger partial charge on any atom is 0.310 e. The molecular weight excluding hydrogens is 588 g/mol. The predicted octanol–water partition coefficient (Wildman–Crippen LogP) is -1.07. The minimum absolute atomic E-state index is 0.224. The van der Waals surface area contributed by atoms with Crippen LogP contribution in [0.5, 0.6) is 5.75 Å². The monoisotopic (exact) mass is 624 g/mol. The van der Waals surface area contributed by atoms with Crippen LogP contribution in [0, 0.1) is 16.0 Å². The number of fused-ring (bicyclic) bond motifs is 1. The van der Waals surface area contributed by atoms with E-state index in [1.807, 2.05) is 24.3 Å². The van der Waals surface area contributed by atoms with Gasteiger partial charge in [-0.1, -0.05) is 30.3 Å². The molecule has 0 radical (unpaired) electrons. The number of nitro groups is 1. The molecule has 2 fully saturated rings. The van der Waals surface area contributed by atoms with Crippen molar-refractivity contribution in [2.45, 2.75) is 43.6 Å². The first kappa shape index (κ1) is 31.8. The maximum absolute atomic E-state index is 13.6. The molecule has 2 saturated heterocycles. The number of nitrogens with one attached hydrogen (secondary N) is 3. The van der Waals surface area contributed by atoms with E-state index in [1.165, 1.54) is 6.07 Å². The number of nitrogens with two attached hydrogens (primary N) is 1. The van der Waals surface area contributed by atoms with E-state index in [2.05, 4.69) is 20.9 Å². The molecule has 45 heavy (non-hydrogen) atoms. The van der Waals surface area contributed by atoms with Crippen LogP contribution >= 0.6 is 0 Å². The number of benzene rings is 2. The van der Waals surface area contributed by atoms with Crippen LogP contribution < -0.4 is 21.7 Å². The fraction of sp³-hybridized carbons (Fsp3) is 0.467. The lowest BCUT2D eigenvalue weighted by atomic mass is 9.95. The predicted molar refractivity (Wildman–Crippen MR) is 158 cm³/mol. The molecular formula is C30H36N6O9. The third-order valence-electron chi connectivity index (χ3n) is 8.31. The largest absolute Gasteiger partial charge is 0.502 e. The molecule has 6 N–H and O–H groups in total. The normalized spacial score (nSPS) is 20.8. The quantitative estimate of drug-likeness (QED) is 0.103. The van der Waals surface area contributed by atoms with Gasteiger partial charge in [0.15, 0.2) is 18.0 Å². The Balaban J connectivity index is 1.25. The second-order valence-electron chi connectivity index (χ2n) is 11.4. The van der Waals surface area contributed by atoms with Crippen molar-refractivity contribution in [1.82, 2.24) is 20.9 Å². The van der Waals surface area contributed by atoms with Gasteiger partial charge >= 0.3 is 5.69 Å². The smallest absolute Gasteiger partial charge is 0.310 e. The van der Waals surface area contributed by atoms with Crippen molar-refractivity contribution < 1.29 is 38.7 Å². The molecule has 2 aromatic carbocycles. The summed E-state index contributed by atoms with van der Waals surface area (Å²) < 4.78 is 10.6. The van der Waals surface area contributed by atoms with Crippen molar-refractivity contribution in [2.75, 3.05) is 39.4 Å². The number of amides is 4. The number of rotatable bonds is 13. The van der Waals surface area contributed by atoms with Gasteiger partial charge in [-0.15, -0.1) is 0 Å². The summed E-state index contributed by atoms with van der Waals surface area (Å²) in [6.45, 7) is 3.76. The molecule has 0 saturated carbocycles. The number of nitrogens with zero attached hydrogens (tertiary/aromatic N) is 2. The number of primary amides is 1. The fourth-order valence-electron chi connectivity index (χ4n) is 5.82. The number of carbonyl (C=O) groups is 4. The van der Waals surface area contributed by atoms with Gasteiger partial charge in [-0.3, -0.25) is 34.2 Å². The number of phenols is 1. The molecule has 15 heteroatoms. The highest BCUT2D eigenvalue weighted by molar-refractivity contribution is 5.97. The molecule has 2 aliphatic heterocycles. The standard InChI is InChI=1S/C30H36N6O9/c31-27(38)24(20-15-18-3-1-2-4-19(18)16-20)34-28(39)21(13-17-5-6-23(37)22(14-17)36(42)43)33-30(41)26-25(45-26)29(40)32-7-8-35-9-11-44-12-10-35/h1-6,14,20-21,24-26,37H,7-13,15-16H2,(H2,31,38)(H,32,40)(H,33,41)(H,34,39)/t21-,24-,25+,26?/m1/s1. The Bertz CT molecular complexity index is 1440. The Morgan fingerprint density at radius 3 is 2.33 bits per heavy atom. The van der Waals surface area contributed by atoms with Gasteiger partial charge < -0.3 is 36.3 Å². The summed E-state index contributed by atoms with van der Waals surface area (Å²) in [6, 6.07) is 8.89. The first-order chi connectivity index (χ1) is 21.6. The lowest BCUT2D eigenvalue weighted by Gasteiger charge is -2.26. The number of carbonyl (C=O) groups excluding carboxylic acids is 4. The van der Waals surface area contributed by atoms with E-state index in [9.17, 15) is 34.4 Å². The lowest BCUT2D eigenvalue weighted by Crippen LogP contribution is -2.56. The van der Waals surface area contributed by atoms with E-state index < -0.39 is 64.3 Å². The lowest BCUT2D eigenvalue weighted by molar-refractivity contribution is -0.385. The van der Waals surface area contributed by atoms with Crippen LogP contribution in [-0.2, 0) is 47.9 Å². The molecule has 5 rings (SSSR count). The van der Waals surface area contributed by atoms with Crippen LogP contribution in [0.15, 0.2) is 42.5 Å². The second kappa shape index (κ2) is 14.0. The van der Waals surface area contributed by atoms with Gasteiger partial charge in [0.05, 0.1) is 18.1 Å². The van der Waals surface area contributed by atoms with Crippen LogP contribution in [0.1, 0.15) is 16.7 Å². The summed E-state index contributed by atoms with van der Waals surface area (Å²) in [5.74, 6) is -3.56. The van der Waals surface area contributed by atoms with E-state index >= 15 is 0 Å². The van der Waals surface area contributed by atoms with E-state index in [4.69, 9.17) is 15.2 Å². The minimum Gasteiger partial charge on any atom is -0.502 e. The SMILES string of the molecule is NC(=O)[C@H](NC(=O)[C@@H](Cc1ccc(O)c([N+](=O)[O-])c1)NC(=O)C1O[C@@H]1C(=O)NCCN1CCOCC1)C1Cc2ccccc2C1. The Hall–Kier alpha value is -4.60. The van der Waals surface area contributed by atoms with E-state index in [-0.39, 0.29) is 17.9 Å². The molecule has 240 valence electrons. The maximum atomic E-state index is 13.6. The highest BCUT2D eigenvalue weighted by Crippen LogP contribution is 2.30. The zero-order chi connectivity index (χ0) is 32.1. The summed E-state index contributed by atoms with van der Waals surface area (Å²) >= 11 is 0. The molecule has 15 nitrogen and oxygen atoms in total. The first-order valence-electron chi connectivity index (χ1n) is 14.8. The van der Waals surface area contributed by atoms with Crippen molar-refractivity contribution in [2.24, 2.45) is 11.7 Å². The molecule has 3 aliphatic rings. The molecule has 2 heterocycles. The van der Waals surface area contributed by atoms with Crippen molar-refractivity contribution in [3.05, 3.63) is 69.3 Å². The second-order valence-corrected chi connectivity index (χ2v) is 11.4. The number of hydrogen-bond acceptors (Lipinski definition) is 10. The molecule has 0 spiro atoms. The van der Waals surface area contributed by atoms with E-state index in [0.717, 1.165) is 36.3 Å². The van der Waals surface area contributed by atoms with Crippen LogP contribution in [0.3, 0.4) is 0 Å². The van der Waals surface area contributed by atoms with Crippen molar-refractivity contribution in [3.8, 4) is 5.75 Å². The Labute approximate surface area is 258 Å². The fourth-order valence-corrected chi connectivity index (χ4v) is 5.82. The van der Waals surface area contributed by atoms with Crippen LogP contribution in [0.25, 0.3) is 0 Å². The summed E-state index contributed by atoms with van der Waals surface area (Å²) in [5.41, 5.74) is 7.48. The van der Waals surface area contributed by atoms with Crippen LogP contribution in [0.2, 0.25) is 0 Å².